The molecule has 0 saturated heterocycles. The predicted octanol–water partition coefficient (Wildman–Crippen LogP) is 0.207. The van der Waals surface area contributed by atoms with Crippen molar-refractivity contribution in [2.75, 3.05) is 0 Å². The highest BCUT2D eigenvalue weighted by molar-refractivity contribution is 4.98. The van der Waals surface area contributed by atoms with Crippen molar-refractivity contribution in [1.82, 2.24) is 0 Å². The van der Waals surface area contributed by atoms with Crippen LogP contribution in [0.3, 0.4) is 0 Å². The zero-order valence-corrected chi connectivity index (χ0v) is 9.70. The van der Waals surface area contributed by atoms with Crippen LogP contribution in [0.1, 0.15) is 25.7 Å². The van der Waals surface area contributed by atoms with Crippen LogP contribution in [-0.4, -0.2) is 46.3 Å². The third-order valence-electron chi connectivity index (χ3n) is 3.28. The largest absolute Gasteiger partial charge is 0.384 e. The van der Waals surface area contributed by atoms with Crippen molar-refractivity contribution >= 4 is 0 Å². The molecule has 2 aliphatic rings. The molecule has 2 saturated carbocycles. The van der Waals surface area contributed by atoms with Crippen molar-refractivity contribution in [3.05, 3.63) is 0 Å². The molecule has 8 heteroatoms. The molecule has 0 aromatic heterocycles. The predicted molar refractivity (Wildman–Crippen MR) is 56.3 cm³/mol. The molecular formula is C10H18F4N2O2. The molecule has 2 aliphatic carbocycles. The minimum absolute atomic E-state index is 0.0324. The lowest BCUT2D eigenvalue weighted by Crippen LogP contribution is -2.55. The summed E-state index contributed by atoms with van der Waals surface area (Å²) in [5.41, 5.74) is 6.87. The second kappa shape index (κ2) is 5.28. The van der Waals surface area contributed by atoms with Crippen molar-refractivity contribution in [3.63, 3.8) is 0 Å². The number of rotatable bonds is 2. The van der Waals surface area contributed by atoms with Crippen molar-refractivity contribution < 1.29 is 27.8 Å². The first-order chi connectivity index (χ1) is 8.09. The van der Waals surface area contributed by atoms with Crippen LogP contribution >= 0.6 is 0 Å². The third kappa shape index (κ3) is 3.31. The number of alkyl halides is 4. The second-order valence-corrected chi connectivity index (χ2v) is 5.15. The van der Waals surface area contributed by atoms with Gasteiger partial charge in [-0.3, -0.25) is 0 Å². The van der Waals surface area contributed by atoms with E-state index in [0.717, 1.165) is 0 Å². The van der Waals surface area contributed by atoms with Crippen molar-refractivity contribution in [3.8, 4) is 0 Å². The molecule has 0 bridgehead atoms. The number of hydrogen-bond donors (Lipinski definition) is 4. The molecule has 4 nitrogen and oxygen atoms in total. The highest BCUT2D eigenvalue weighted by atomic mass is 19.3. The summed E-state index contributed by atoms with van der Waals surface area (Å²) < 4.78 is 46.9. The summed E-state index contributed by atoms with van der Waals surface area (Å²) in [6.45, 7) is 0. The Morgan fingerprint density at radius 1 is 0.778 bits per heavy atom. The van der Waals surface area contributed by atoms with Gasteiger partial charge in [0, 0.05) is 12.1 Å². The summed E-state index contributed by atoms with van der Waals surface area (Å²) in [6.07, 6.45) is -5.15. The highest BCUT2D eigenvalue weighted by Gasteiger charge is 2.48. The summed E-state index contributed by atoms with van der Waals surface area (Å²) in [7, 11) is 0. The van der Waals surface area contributed by atoms with Gasteiger partial charge in [-0.2, -0.15) is 0 Å². The summed E-state index contributed by atoms with van der Waals surface area (Å²) >= 11 is 0. The van der Waals surface area contributed by atoms with Gasteiger partial charge in [0.15, 0.2) is 0 Å². The number of halogens is 4. The number of aliphatic hydroxyl groups is 2. The van der Waals surface area contributed by atoms with Crippen LogP contribution in [0.15, 0.2) is 0 Å². The Hall–Kier alpha value is -0.440. The molecular weight excluding hydrogens is 256 g/mol. The lowest BCUT2D eigenvalue weighted by atomic mass is 9.76. The molecule has 0 spiro atoms. The molecule has 0 aromatic carbocycles. The summed E-state index contributed by atoms with van der Waals surface area (Å²) in [5.74, 6) is 0. The average Bonchev–Trinajstić information content (AvgIpc) is 2.13. The summed E-state index contributed by atoms with van der Waals surface area (Å²) in [6, 6.07) is -0.465. The first kappa shape index (κ1) is 15.6. The van der Waals surface area contributed by atoms with Crippen LogP contribution in [0.4, 0.5) is 17.6 Å². The Balaban J connectivity index is 0.000000180. The fourth-order valence-corrected chi connectivity index (χ4v) is 2.05. The van der Waals surface area contributed by atoms with Gasteiger partial charge in [0.1, 0.15) is 11.2 Å². The fraction of sp³-hybridized carbons (Fsp3) is 1.00. The van der Waals surface area contributed by atoms with Crippen LogP contribution < -0.4 is 11.5 Å². The normalized spacial score (nSPS) is 43.0. The number of nitrogens with two attached hydrogens (primary N) is 2. The maximum atomic E-state index is 11.7. The maximum Gasteiger partial charge on any atom is 0.266 e. The van der Waals surface area contributed by atoms with Crippen LogP contribution in [-0.2, 0) is 0 Å². The molecule has 0 aliphatic heterocycles. The quantitative estimate of drug-likeness (QED) is 0.542. The van der Waals surface area contributed by atoms with E-state index in [1.165, 1.54) is 0 Å². The van der Waals surface area contributed by atoms with Crippen molar-refractivity contribution in [2.45, 2.75) is 61.8 Å². The van der Waals surface area contributed by atoms with E-state index in [9.17, 15) is 17.6 Å². The standard InChI is InChI=1S/2C5H9F2NO/c2*6-4(7)5(9)1-3(8)2-5/h2*3-4,9H,1-2,8H2. The average molecular weight is 274 g/mol. The molecule has 2 rings (SSSR count). The van der Waals surface area contributed by atoms with Crippen LogP contribution in [0, 0.1) is 0 Å². The van der Waals surface area contributed by atoms with E-state index in [1.807, 2.05) is 0 Å². The van der Waals surface area contributed by atoms with Crippen LogP contribution in [0.25, 0.3) is 0 Å². The Morgan fingerprint density at radius 2 is 1.00 bits per heavy atom. The van der Waals surface area contributed by atoms with Crippen LogP contribution in [0.5, 0.6) is 0 Å². The van der Waals surface area contributed by atoms with Gasteiger partial charge in [0.05, 0.1) is 0 Å². The molecule has 0 atom stereocenters. The molecule has 0 amide bonds. The summed E-state index contributed by atoms with van der Waals surface area (Å²) in [5, 5.41) is 17.7. The molecule has 0 aromatic rings. The Morgan fingerprint density at radius 3 is 1.06 bits per heavy atom. The lowest BCUT2D eigenvalue weighted by Gasteiger charge is -2.40. The molecule has 0 unspecified atom stereocenters. The first-order valence-electron chi connectivity index (χ1n) is 5.61. The zero-order chi connectivity index (χ0) is 14.1. The molecule has 6 N–H and O–H groups in total. The van der Waals surface area contributed by atoms with Crippen molar-refractivity contribution in [1.29, 1.82) is 0 Å². The maximum absolute atomic E-state index is 11.7. The minimum atomic E-state index is -2.64. The smallest absolute Gasteiger partial charge is 0.266 e. The molecule has 2 fully saturated rings. The van der Waals surface area contributed by atoms with E-state index >= 15 is 0 Å². The van der Waals surface area contributed by atoms with E-state index in [-0.39, 0.29) is 37.8 Å². The van der Waals surface area contributed by atoms with Gasteiger partial charge < -0.3 is 21.7 Å². The highest BCUT2D eigenvalue weighted by Crippen LogP contribution is 2.36. The Kier molecular flexibility index (Phi) is 4.58. The van der Waals surface area contributed by atoms with Gasteiger partial charge in [-0.15, -0.1) is 0 Å². The molecule has 0 radical (unpaired) electrons. The van der Waals surface area contributed by atoms with E-state index < -0.39 is 24.1 Å². The van der Waals surface area contributed by atoms with E-state index in [2.05, 4.69) is 0 Å². The fourth-order valence-electron chi connectivity index (χ4n) is 2.05. The van der Waals surface area contributed by atoms with Gasteiger partial charge in [0.25, 0.3) is 12.9 Å². The van der Waals surface area contributed by atoms with Gasteiger partial charge in [-0.25, -0.2) is 17.6 Å². The van der Waals surface area contributed by atoms with Gasteiger partial charge >= 0.3 is 0 Å². The Labute approximate surface area is 102 Å². The van der Waals surface area contributed by atoms with E-state index in [4.69, 9.17) is 21.7 Å². The van der Waals surface area contributed by atoms with Gasteiger partial charge in [-0.1, -0.05) is 0 Å². The van der Waals surface area contributed by atoms with Crippen molar-refractivity contribution in [2.24, 2.45) is 11.5 Å². The van der Waals surface area contributed by atoms with Gasteiger partial charge in [-0.05, 0) is 25.7 Å². The lowest BCUT2D eigenvalue weighted by molar-refractivity contribution is -0.150. The van der Waals surface area contributed by atoms with Crippen LogP contribution in [0.2, 0.25) is 0 Å². The third-order valence-corrected chi connectivity index (χ3v) is 3.28. The molecule has 108 valence electrons. The second-order valence-electron chi connectivity index (χ2n) is 5.15. The molecule has 0 heterocycles. The summed E-state index contributed by atoms with van der Waals surface area (Å²) in [4.78, 5) is 0. The Bertz CT molecular complexity index is 251. The minimum Gasteiger partial charge on any atom is -0.384 e. The molecule has 18 heavy (non-hydrogen) atoms. The number of hydrogen-bond acceptors (Lipinski definition) is 4. The van der Waals surface area contributed by atoms with E-state index in [0.29, 0.717) is 0 Å². The first-order valence-corrected chi connectivity index (χ1v) is 5.61. The van der Waals surface area contributed by atoms with Gasteiger partial charge in [0.2, 0.25) is 0 Å². The SMILES string of the molecule is NC1CC(O)(C(F)F)C1.NC1CC(O)(C(F)F)C1. The monoisotopic (exact) mass is 274 g/mol. The zero-order valence-electron chi connectivity index (χ0n) is 9.70. The van der Waals surface area contributed by atoms with E-state index in [1.54, 1.807) is 0 Å². The topological polar surface area (TPSA) is 92.5 Å².